The van der Waals surface area contributed by atoms with Crippen molar-refractivity contribution < 1.29 is 17.9 Å². The number of hydrogen-bond acceptors (Lipinski definition) is 5. The SMILES string of the molecule is Cc1ccc(S(=O)(=O)n2ccc(C3=CCC(NC(=O)OC(C)(C)C)CC3)n2)cc1. The number of amides is 1. The zero-order valence-corrected chi connectivity index (χ0v) is 18.0. The predicted molar refractivity (Wildman–Crippen MR) is 111 cm³/mol. The molecule has 1 N–H and O–H groups in total. The number of aromatic nitrogens is 2. The minimum Gasteiger partial charge on any atom is -0.444 e. The van der Waals surface area contributed by atoms with Gasteiger partial charge in [0, 0.05) is 12.2 Å². The Morgan fingerprint density at radius 2 is 1.90 bits per heavy atom. The van der Waals surface area contributed by atoms with Gasteiger partial charge in [-0.1, -0.05) is 23.8 Å². The standard InChI is InChI=1S/C21H27N3O4S/c1-15-5-11-18(12-6-15)29(26,27)24-14-13-19(23-24)16-7-9-17(10-8-16)22-20(25)28-21(2,3)4/h5-7,11-14,17H,8-10H2,1-4H3,(H,22,25). The minimum atomic E-state index is -3.71. The van der Waals surface area contributed by atoms with Gasteiger partial charge in [0.25, 0.3) is 10.0 Å². The second-order valence-corrected chi connectivity index (χ2v) is 10.0. The van der Waals surface area contributed by atoms with Gasteiger partial charge in [-0.05, 0) is 70.7 Å². The molecule has 1 aromatic carbocycles. The topological polar surface area (TPSA) is 90.3 Å². The summed E-state index contributed by atoms with van der Waals surface area (Å²) in [6.45, 7) is 7.38. The molecule has 3 rings (SSSR count). The lowest BCUT2D eigenvalue weighted by Crippen LogP contribution is -2.39. The molecule has 7 nitrogen and oxygen atoms in total. The Morgan fingerprint density at radius 1 is 1.21 bits per heavy atom. The van der Waals surface area contributed by atoms with E-state index >= 15 is 0 Å². The van der Waals surface area contributed by atoms with E-state index in [2.05, 4.69) is 10.4 Å². The van der Waals surface area contributed by atoms with E-state index in [1.807, 2.05) is 33.8 Å². The van der Waals surface area contributed by atoms with Gasteiger partial charge in [-0.3, -0.25) is 0 Å². The average molecular weight is 418 g/mol. The van der Waals surface area contributed by atoms with E-state index in [1.54, 1.807) is 30.3 Å². The first-order valence-electron chi connectivity index (χ1n) is 9.61. The quantitative estimate of drug-likeness (QED) is 0.815. The fraction of sp³-hybridized carbons (Fsp3) is 0.429. The smallest absolute Gasteiger partial charge is 0.407 e. The van der Waals surface area contributed by atoms with Crippen LogP contribution in [0.15, 0.2) is 47.5 Å². The molecule has 1 amide bonds. The van der Waals surface area contributed by atoms with E-state index in [4.69, 9.17) is 4.74 Å². The maximum atomic E-state index is 12.7. The van der Waals surface area contributed by atoms with Crippen molar-refractivity contribution in [3.8, 4) is 0 Å². The number of ether oxygens (including phenoxy) is 1. The largest absolute Gasteiger partial charge is 0.444 e. The number of carbonyl (C=O) groups is 1. The molecule has 29 heavy (non-hydrogen) atoms. The molecule has 1 aromatic heterocycles. The van der Waals surface area contributed by atoms with Crippen LogP contribution in [0.5, 0.6) is 0 Å². The zero-order chi connectivity index (χ0) is 21.2. The van der Waals surface area contributed by atoms with E-state index < -0.39 is 21.7 Å². The van der Waals surface area contributed by atoms with Crippen molar-refractivity contribution in [2.24, 2.45) is 0 Å². The lowest BCUT2D eigenvalue weighted by atomic mass is 9.93. The third-order valence-corrected chi connectivity index (χ3v) is 6.16. The normalized spacial score (nSPS) is 17.5. The minimum absolute atomic E-state index is 0.00743. The summed E-state index contributed by atoms with van der Waals surface area (Å²) < 4.78 is 31.8. The summed E-state index contributed by atoms with van der Waals surface area (Å²) in [4.78, 5) is 12.1. The average Bonchev–Trinajstić information content (AvgIpc) is 3.12. The van der Waals surface area contributed by atoms with Crippen LogP contribution >= 0.6 is 0 Å². The number of carbonyl (C=O) groups excluding carboxylic acids is 1. The predicted octanol–water partition coefficient (Wildman–Crippen LogP) is 3.89. The van der Waals surface area contributed by atoms with Crippen molar-refractivity contribution in [3.63, 3.8) is 0 Å². The monoisotopic (exact) mass is 417 g/mol. The third-order valence-electron chi connectivity index (χ3n) is 4.59. The highest BCUT2D eigenvalue weighted by Crippen LogP contribution is 2.27. The highest BCUT2D eigenvalue weighted by molar-refractivity contribution is 7.89. The Balaban J connectivity index is 1.68. The van der Waals surface area contributed by atoms with Crippen LogP contribution in [0.4, 0.5) is 4.79 Å². The molecule has 0 fully saturated rings. The molecule has 1 unspecified atom stereocenters. The van der Waals surface area contributed by atoms with Crippen LogP contribution in [0.1, 0.15) is 51.3 Å². The van der Waals surface area contributed by atoms with Crippen LogP contribution in [0.2, 0.25) is 0 Å². The summed E-state index contributed by atoms with van der Waals surface area (Å²) in [6.07, 6.45) is 5.12. The van der Waals surface area contributed by atoms with Crippen molar-refractivity contribution in [1.29, 1.82) is 0 Å². The maximum Gasteiger partial charge on any atom is 0.407 e. The molecule has 0 aliphatic heterocycles. The Hall–Kier alpha value is -2.61. The van der Waals surface area contributed by atoms with E-state index in [0.29, 0.717) is 18.5 Å². The Bertz CT molecular complexity index is 1010. The van der Waals surface area contributed by atoms with E-state index in [1.165, 1.54) is 6.20 Å². The van der Waals surface area contributed by atoms with Gasteiger partial charge >= 0.3 is 6.09 Å². The van der Waals surface area contributed by atoms with Gasteiger partial charge in [-0.15, -0.1) is 0 Å². The number of alkyl carbamates (subject to hydrolysis) is 1. The van der Waals surface area contributed by atoms with Crippen LogP contribution in [0.25, 0.3) is 5.57 Å². The first-order valence-corrected chi connectivity index (χ1v) is 11.1. The number of nitrogens with one attached hydrogen (secondary N) is 1. The van der Waals surface area contributed by atoms with Crippen LogP contribution < -0.4 is 5.32 Å². The molecule has 1 heterocycles. The van der Waals surface area contributed by atoms with Crippen molar-refractivity contribution in [1.82, 2.24) is 14.5 Å². The number of hydrogen-bond donors (Lipinski definition) is 1. The fourth-order valence-electron chi connectivity index (χ4n) is 3.10. The summed E-state index contributed by atoms with van der Waals surface area (Å²) in [5, 5.41) is 7.16. The number of aryl methyl sites for hydroxylation is 1. The molecule has 1 aliphatic rings. The highest BCUT2D eigenvalue weighted by atomic mass is 32.2. The Labute approximate surface area is 171 Å². The molecule has 1 atom stereocenters. The summed E-state index contributed by atoms with van der Waals surface area (Å²) in [5.41, 5.74) is 2.07. The molecule has 0 saturated heterocycles. The van der Waals surface area contributed by atoms with Gasteiger partial charge in [0.1, 0.15) is 5.60 Å². The summed E-state index contributed by atoms with van der Waals surface area (Å²) >= 11 is 0. The summed E-state index contributed by atoms with van der Waals surface area (Å²) in [5.74, 6) is 0. The number of benzene rings is 1. The lowest BCUT2D eigenvalue weighted by Gasteiger charge is -2.25. The van der Waals surface area contributed by atoms with E-state index in [-0.39, 0.29) is 10.9 Å². The molecule has 2 aromatic rings. The molecule has 0 radical (unpaired) electrons. The number of nitrogens with zero attached hydrogens (tertiary/aromatic N) is 2. The molecule has 156 valence electrons. The molecule has 0 saturated carbocycles. The Morgan fingerprint density at radius 3 is 2.48 bits per heavy atom. The van der Waals surface area contributed by atoms with Gasteiger partial charge in [-0.2, -0.15) is 17.6 Å². The first-order chi connectivity index (χ1) is 13.5. The second kappa shape index (κ2) is 8.02. The summed E-state index contributed by atoms with van der Waals surface area (Å²) in [7, 11) is -3.71. The van der Waals surface area contributed by atoms with Crippen molar-refractivity contribution in [2.75, 3.05) is 0 Å². The van der Waals surface area contributed by atoms with E-state index in [0.717, 1.165) is 21.6 Å². The summed E-state index contributed by atoms with van der Waals surface area (Å²) in [6, 6.07) is 8.39. The molecular weight excluding hydrogens is 390 g/mol. The van der Waals surface area contributed by atoms with Crippen molar-refractivity contribution in [3.05, 3.63) is 53.9 Å². The zero-order valence-electron chi connectivity index (χ0n) is 17.2. The molecule has 1 aliphatic carbocycles. The lowest BCUT2D eigenvalue weighted by molar-refractivity contribution is 0.0502. The number of rotatable bonds is 4. The second-order valence-electron chi connectivity index (χ2n) is 8.24. The van der Waals surface area contributed by atoms with E-state index in [9.17, 15) is 13.2 Å². The van der Waals surface area contributed by atoms with Crippen molar-refractivity contribution in [2.45, 2.75) is 63.5 Å². The fourth-order valence-corrected chi connectivity index (χ4v) is 4.22. The van der Waals surface area contributed by atoms with Crippen molar-refractivity contribution >= 4 is 21.7 Å². The van der Waals surface area contributed by atoms with Crippen LogP contribution in [-0.4, -0.2) is 35.3 Å². The van der Waals surface area contributed by atoms with Gasteiger partial charge in [0.2, 0.25) is 0 Å². The van der Waals surface area contributed by atoms with Gasteiger partial charge in [-0.25, -0.2) is 4.79 Å². The number of allylic oxidation sites excluding steroid dienone is 1. The van der Waals surface area contributed by atoms with Crippen LogP contribution in [-0.2, 0) is 14.8 Å². The van der Waals surface area contributed by atoms with Crippen LogP contribution in [0.3, 0.4) is 0 Å². The third kappa shape index (κ3) is 5.26. The van der Waals surface area contributed by atoms with Gasteiger partial charge in [0.05, 0.1) is 10.6 Å². The molecule has 0 spiro atoms. The molecular formula is C21H27N3O4S. The molecule has 0 bridgehead atoms. The highest BCUT2D eigenvalue weighted by Gasteiger charge is 2.23. The maximum absolute atomic E-state index is 12.7. The van der Waals surface area contributed by atoms with Gasteiger partial charge in [0.15, 0.2) is 0 Å². The molecule has 8 heteroatoms. The Kier molecular flexibility index (Phi) is 5.84. The van der Waals surface area contributed by atoms with Crippen LogP contribution in [0, 0.1) is 6.92 Å². The van der Waals surface area contributed by atoms with Gasteiger partial charge < -0.3 is 10.1 Å². The first kappa shape index (κ1) is 21.1.